The zero-order valence-corrected chi connectivity index (χ0v) is 17.6. The predicted molar refractivity (Wildman–Crippen MR) is 118 cm³/mol. The van der Waals surface area contributed by atoms with Crippen molar-refractivity contribution in [2.75, 3.05) is 0 Å². The van der Waals surface area contributed by atoms with Crippen LogP contribution >= 0.6 is 12.2 Å². The van der Waals surface area contributed by atoms with Gasteiger partial charge in [-0.3, -0.25) is 24.6 Å². The summed E-state index contributed by atoms with van der Waals surface area (Å²) < 4.78 is 7.05. The van der Waals surface area contributed by atoms with Gasteiger partial charge in [0.1, 0.15) is 17.9 Å². The second kappa shape index (κ2) is 8.19. The molecule has 0 radical (unpaired) electrons. The number of thiocarbonyl (C=S) groups is 1. The molecule has 0 atom stereocenters. The highest BCUT2D eigenvalue weighted by Gasteiger charge is 2.34. The number of hydrogen-bond donors (Lipinski definition) is 2. The van der Waals surface area contributed by atoms with E-state index in [-0.39, 0.29) is 23.8 Å². The molecule has 2 aromatic heterocycles. The van der Waals surface area contributed by atoms with E-state index in [2.05, 4.69) is 5.32 Å². The highest BCUT2D eigenvalue weighted by Crippen LogP contribution is 2.28. The molecule has 1 aliphatic rings. The van der Waals surface area contributed by atoms with Crippen molar-refractivity contribution in [3.63, 3.8) is 0 Å². The van der Waals surface area contributed by atoms with Crippen LogP contribution in [0.15, 0.2) is 52.8 Å². The van der Waals surface area contributed by atoms with Crippen LogP contribution in [0.5, 0.6) is 0 Å². The van der Waals surface area contributed by atoms with Crippen LogP contribution in [0, 0.1) is 0 Å². The molecule has 3 amide bonds. The standard InChI is InChI=1S/C22H20N4O4S/c1-2-13-5-3-7-16-14(10-25(19(13)16)12-18(23)27)9-17-20(28)24-22(31)26(21(17)29)11-15-6-4-8-30-15/h3-10H,2,11-12H2,1H3,(H2,23,27)(H,24,28,31)/b17-9+. The van der Waals surface area contributed by atoms with E-state index in [1.54, 1.807) is 22.9 Å². The molecule has 8 nitrogen and oxygen atoms in total. The molecule has 0 bridgehead atoms. The van der Waals surface area contributed by atoms with Crippen molar-refractivity contribution in [1.82, 2.24) is 14.8 Å². The molecular weight excluding hydrogens is 416 g/mol. The minimum absolute atomic E-state index is 0.00840. The summed E-state index contributed by atoms with van der Waals surface area (Å²) in [7, 11) is 0. The Balaban J connectivity index is 1.79. The minimum atomic E-state index is -0.576. The number of hydrogen-bond acceptors (Lipinski definition) is 5. The Bertz CT molecular complexity index is 1240. The molecule has 158 valence electrons. The Morgan fingerprint density at radius 3 is 2.74 bits per heavy atom. The average Bonchev–Trinajstić information content (AvgIpc) is 3.36. The number of amides is 3. The van der Waals surface area contributed by atoms with Gasteiger partial charge >= 0.3 is 0 Å². The fraction of sp³-hybridized carbons (Fsp3) is 0.182. The Morgan fingerprint density at radius 1 is 1.26 bits per heavy atom. The van der Waals surface area contributed by atoms with Crippen LogP contribution in [0.1, 0.15) is 23.8 Å². The number of benzene rings is 1. The second-order valence-electron chi connectivity index (χ2n) is 7.13. The predicted octanol–water partition coefficient (Wildman–Crippen LogP) is 2.11. The lowest BCUT2D eigenvalue weighted by Gasteiger charge is -2.28. The largest absolute Gasteiger partial charge is 0.467 e. The lowest BCUT2D eigenvalue weighted by Crippen LogP contribution is -2.53. The van der Waals surface area contributed by atoms with Crippen molar-refractivity contribution < 1.29 is 18.8 Å². The number of fused-ring (bicyclic) bond motifs is 1. The van der Waals surface area contributed by atoms with Gasteiger partial charge in [-0.05, 0) is 42.4 Å². The molecule has 9 heteroatoms. The molecule has 0 saturated carbocycles. The van der Waals surface area contributed by atoms with Crippen LogP contribution in [0.3, 0.4) is 0 Å². The van der Waals surface area contributed by atoms with E-state index in [1.165, 1.54) is 17.2 Å². The van der Waals surface area contributed by atoms with Crippen molar-refractivity contribution in [3.05, 3.63) is 65.3 Å². The van der Waals surface area contributed by atoms with Gasteiger partial charge in [0.25, 0.3) is 11.8 Å². The first-order valence-electron chi connectivity index (χ1n) is 9.69. The topological polar surface area (TPSA) is 111 Å². The number of carbonyl (C=O) groups excluding carboxylic acids is 3. The van der Waals surface area contributed by atoms with E-state index in [0.717, 1.165) is 22.9 Å². The van der Waals surface area contributed by atoms with Gasteiger partial charge in [0.2, 0.25) is 5.91 Å². The average molecular weight is 436 g/mol. The fourth-order valence-corrected chi connectivity index (χ4v) is 3.95. The fourth-order valence-electron chi connectivity index (χ4n) is 3.71. The summed E-state index contributed by atoms with van der Waals surface area (Å²) in [4.78, 5) is 38.6. The molecule has 0 aliphatic carbocycles. The molecule has 4 rings (SSSR count). The highest BCUT2D eigenvalue weighted by atomic mass is 32.1. The first-order chi connectivity index (χ1) is 14.9. The van der Waals surface area contributed by atoms with E-state index in [1.807, 2.05) is 25.1 Å². The van der Waals surface area contributed by atoms with Gasteiger partial charge in [-0.1, -0.05) is 25.1 Å². The molecule has 31 heavy (non-hydrogen) atoms. The van der Waals surface area contributed by atoms with Crippen LogP contribution in [-0.2, 0) is 33.9 Å². The lowest BCUT2D eigenvalue weighted by molar-refractivity contribution is -0.129. The highest BCUT2D eigenvalue weighted by molar-refractivity contribution is 7.80. The number of nitrogens with one attached hydrogen (secondary N) is 1. The third-order valence-corrected chi connectivity index (χ3v) is 5.42. The summed E-state index contributed by atoms with van der Waals surface area (Å²) in [6.45, 7) is 2.11. The zero-order chi connectivity index (χ0) is 22.1. The first-order valence-corrected chi connectivity index (χ1v) is 10.1. The van der Waals surface area contributed by atoms with Crippen molar-refractivity contribution >= 4 is 52.0 Å². The van der Waals surface area contributed by atoms with Gasteiger partial charge in [0.05, 0.1) is 18.3 Å². The Morgan fingerprint density at radius 2 is 2.06 bits per heavy atom. The van der Waals surface area contributed by atoms with Gasteiger partial charge in [0.15, 0.2) is 5.11 Å². The summed E-state index contributed by atoms with van der Waals surface area (Å²) in [6.07, 6.45) is 5.50. The number of carbonyl (C=O) groups is 3. The zero-order valence-electron chi connectivity index (χ0n) is 16.8. The quantitative estimate of drug-likeness (QED) is 0.349. The van der Waals surface area contributed by atoms with Gasteiger partial charge in [-0.2, -0.15) is 0 Å². The monoisotopic (exact) mass is 436 g/mol. The number of aromatic nitrogens is 1. The molecule has 0 spiro atoms. The maximum atomic E-state index is 13.1. The van der Waals surface area contributed by atoms with Crippen LogP contribution in [0.4, 0.5) is 0 Å². The number of aryl methyl sites for hydroxylation is 1. The molecule has 1 fully saturated rings. The van der Waals surface area contributed by atoms with Crippen LogP contribution in [0.2, 0.25) is 0 Å². The molecule has 3 N–H and O–H groups in total. The molecule has 1 saturated heterocycles. The van der Waals surface area contributed by atoms with Crippen LogP contribution in [-0.4, -0.2) is 32.3 Å². The van der Waals surface area contributed by atoms with Gasteiger partial charge in [-0.15, -0.1) is 0 Å². The maximum absolute atomic E-state index is 13.1. The molecule has 0 unspecified atom stereocenters. The Labute approximate surface area is 183 Å². The number of nitrogens with zero attached hydrogens (tertiary/aromatic N) is 2. The van der Waals surface area contributed by atoms with Crippen molar-refractivity contribution in [2.45, 2.75) is 26.4 Å². The third-order valence-electron chi connectivity index (χ3n) is 5.10. The first kappa shape index (κ1) is 20.5. The number of primary amides is 1. The second-order valence-corrected chi connectivity index (χ2v) is 7.52. The van der Waals surface area contributed by atoms with Gasteiger partial charge < -0.3 is 14.7 Å². The van der Waals surface area contributed by atoms with Crippen molar-refractivity contribution in [1.29, 1.82) is 0 Å². The van der Waals surface area contributed by atoms with Gasteiger partial charge in [-0.25, -0.2) is 0 Å². The summed E-state index contributed by atoms with van der Waals surface area (Å²) >= 11 is 5.18. The summed E-state index contributed by atoms with van der Waals surface area (Å²) in [6, 6.07) is 9.19. The van der Waals surface area contributed by atoms with Crippen LogP contribution in [0.25, 0.3) is 17.0 Å². The van der Waals surface area contributed by atoms with E-state index in [0.29, 0.717) is 11.3 Å². The van der Waals surface area contributed by atoms with E-state index in [9.17, 15) is 14.4 Å². The van der Waals surface area contributed by atoms with Crippen molar-refractivity contribution in [3.8, 4) is 0 Å². The minimum Gasteiger partial charge on any atom is -0.467 e. The molecule has 3 aromatic rings. The summed E-state index contributed by atoms with van der Waals surface area (Å²) in [5, 5.41) is 3.40. The molecule has 1 aliphatic heterocycles. The van der Waals surface area contributed by atoms with Crippen molar-refractivity contribution in [2.24, 2.45) is 5.73 Å². The summed E-state index contributed by atoms with van der Waals surface area (Å²) in [5.74, 6) is -1.04. The summed E-state index contributed by atoms with van der Waals surface area (Å²) in [5.41, 5.74) is 7.88. The number of nitrogens with two attached hydrogens (primary N) is 1. The molecule has 3 heterocycles. The number of furan rings is 1. The smallest absolute Gasteiger partial charge is 0.266 e. The van der Waals surface area contributed by atoms with Gasteiger partial charge in [0, 0.05) is 17.1 Å². The number of rotatable bonds is 6. The Kier molecular flexibility index (Phi) is 5.43. The molecule has 1 aromatic carbocycles. The van der Waals surface area contributed by atoms with Crippen LogP contribution < -0.4 is 11.1 Å². The van der Waals surface area contributed by atoms with E-state index >= 15 is 0 Å². The Hall–Kier alpha value is -3.72. The lowest BCUT2D eigenvalue weighted by atomic mass is 10.0. The molecular formula is C22H20N4O4S. The number of para-hydroxylation sites is 1. The maximum Gasteiger partial charge on any atom is 0.266 e. The van der Waals surface area contributed by atoms with E-state index in [4.69, 9.17) is 22.4 Å². The normalized spacial score (nSPS) is 15.7. The third kappa shape index (κ3) is 3.87. The van der Waals surface area contributed by atoms with E-state index < -0.39 is 17.7 Å². The SMILES string of the molecule is CCc1cccc2c(/C=C3\C(=O)NC(=S)N(Cc4ccco4)C3=O)cn(CC(N)=O)c12.